The predicted molar refractivity (Wildman–Crippen MR) is 98.8 cm³/mol. The number of benzene rings is 1. The first-order chi connectivity index (χ1) is 11.6. The molecule has 0 radical (unpaired) electrons. The number of hydrogen-bond acceptors (Lipinski definition) is 5. The third kappa shape index (κ3) is 3.60. The molecule has 6 heteroatoms. The molecule has 1 unspecified atom stereocenters. The highest BCUT2D eigenvalue weighted by Crippen LogP contribution is 2.34. The van der Waals surface area contributed by atoms with E-state index in [9.17, 15) is 4.79 Å². The number of pyridine rings is 1. The van der Waals surface area contributed by atoms with E-state index < -0.39 is 0 Å². The summed E-state index contributed by atoms with van der Waals surface area (Å²) in [5.74, 6) is 0.815. The van der Waals surface area contributed by atoms with Gasteiger partial charge < -0.3 is 18.8 Å². The molecular formula is C18H22N2O3S. The zero-order valence-electron chi connectivity index (χ0n) is 14.2. The van der Waals surface area contributed by atoms with Crippen molar-refractivity contribution in [1.82, 2.24) is 4.57 Å². The normalized spacial score (nSPS) is 17.0. The fourth-order valence-corrected chi connectivity index (χ4v) is 3.21. The van der Waals surface area contributed by atoms with E-state index in [0.29, 0.717) is 12.2 Å². The molecule has 128 valence electrons. The van der Waals surface area contributed by atoms with E-state index in [2.05, 4.69) is 10.8 Å². The highest BCUT2D eigenvalue weighted by molar-refractivity contribution is 7.99. The quantitative estimate of drug-likeness (QED) is 0.843. The molecule has 2 aromatic rings. The van der Waals surface area contributed by atoms with Gasteiger partial charge in [0.15, 0.2) is 0 Å². The Morgan fingerprint density at radius 3 is 2.88 bits per heavy atom. The average Bonchev–Trinajstić information content (AvgIpc) is 3.07. The van der Waals surface area contributed by atoms with E-state index in [-0.39, 0.29) is 11.7 Å². The zero-order chi connectivity index (χ0) is 17.1. The van der Waals surface area contributed by atoms with E-state index in [1.54, 1.807) is 23.6 Å². The van der Waals surface area contributed by atoms with Crippen LogP contribution in [0, 0.1) is 6.92 Å². The van der Waals surface area contributed by atoms with Gasteiger partial charge in [-0.3, -0.25) is 4.79 Å². The van der Waals surface area contributed by atoms with Gasteiger partial charge in [0.05, 0.1) is 13.2 Å². The SMILES string of the molecule is CSNc1ccc(OC2CCOC2)c(-c2cc(C)c(=O)n(C)c2)c1. The maximum atomic E-state index is 12.0. The van der Waals surface area contributed by atoms with Crippen molar-refractivity contribution in [3.8, 4) is 16.9 Å². The van der Waals surface area contributed by atoms with Crippen LogP contribution >= 0.6 is 11.9 Å². The minimum absolute atomic E-state index is 0.0174. The minimum atomic E-state index is 0.0174. The number of ether oxygens (including phenoxy) is 2. The molecule has 1 aliphatic rings. The van der Waals surface area contributed by atoms with Crippen LogP contribution in [0.4, 0.5) is 5.69 Å². The number of aromatic nitrogens is 1. The largest absolute Gasteiger partial charge is 0.487 e. The fraction of sp³-hybridized carbons (Fsp3) is 0.389. The lowest BCUT2D eigenvalue weighted by Crippen LogP contribution is -2.19. The fourth-order valence-electron chi connectivity index (χ4n) is 2.85. The summed E-state index contributed by atoms with van der Waals surface area (Å²) in [7, 11) is 1.77. The van der Waals surface area contributed by atoms with Gasteiger partial charge >= 0.3 is 0 Å². The highest BCUT2D eigenvalue weighted by atomic mass is 32.2. The van der Waals surface area contributed by atoms with Crippen molar-refractivity contribution in [3.05, 3.63) is 46.4 Å². The third-order valence-electron chi connectivity index (χ3n) is 4.05. The standard InChI is InChI=1S/C18H22N2O3S/c1-12-8-13(10-20(2)18(12)21)16-9-14(19-24-3)4-5-17(16)23-15-6-7-22-11-15/h4-5,8-10,15,19H,6-7,11H2,1-3H3. The maximum Gasteiger partial charge on any atom is 0.253 e. The number of nitrogens with zero attached hydrogens (tertiary/aromatic N) is 1. The Kier molecular flexibility index (Phi) is 5.16. The molecule has 2 heterocycles. The number of rotatable bonds is 5. The molecule has 0 bridgehead atoms. The highest BCUT2D eigenvalue weighted by Gasteiger charge is 2.19. The molecule has 5 nitrogen and oxygen atoms in total. The van der Waals surface area contributed by atoms with E-state index in [1.165, 1.54) is 0 Å². The first kappa shape index (κ1) is 16.9. The van der Waals surface area contributed by atoms with Gasteiger partial charge in [0, 0.05) is 48.3 Å². The smallest absolute Gasteiger partial charge is 0.253 e. The third-order valence-corrected chi connectivity index (χ3v) is 4.49. The van der Waals surface area contributed by atoms with Gasteiger partial charge in [-0.1, -0.05) is 11.9 Å². The predicted octanol–water partition coefficient (Wildman–Crippen LogP) is 3.22. The second kappa shape index (κ2) is 7.32. The molecule has 1 N–H and O–H groups in total. The number of anilines is 1. The summed E-state index contributed by atoms with van der Waals surface area (Å²) >= 11 is 1.54. The summed E-state index contributed by atoms with van der Waals surface area (Å²) in [6, 6.07) is 7.95. The van der Waals surface area contributed by atoms with E-state index in [1.807, 2.05) is 37.6 Å². The van der Waals surface area contributed by atoms with Gasteiger partial charge in [0.1, 0.15) is 11.9 Å². The Labute approximate surface area is 146 Å². The van der Waals surface area contributed by atoms with Crippen molar-refractivity contribution in [2.24, 2.45) is 7.05 Å². The summed E-state index contributed by atoms with van der Waals surface area (Å²) in [5.41, 5.74) is 3.67. The average molecular weight is 346 g/mol. The molecular weight excluding hydrogens is 324 g/mol. The van der Waals surface area contributed by atoms with Crippen LogP contribution in [-0.4, -0.2) is 30.1 Å². The Hall–Kier alpha value is -1.92. The molecule has 3 rings (SSSR count). The second-order valence-corrected chi connectivity index (χ2v) is 6.56. The van der Waals surface area contributed by atoms with Crippen LogP contribution in [0.3, 0.4) is 0 Å². The van der Waals surface area contributed by atoms with Crippen LogP contribution in [0.1, 0.15) is 12.0 Å². The van der Waals surface area contributed by atoms with Crippen molar-refractivity contribution in [1.29, 1.82) is 0 Å². The summed E-state index contributed by atoms with van der Waals surface area (Å²) in [5, 5.41) is 0. The summed E-state index contributed by atoms with van der Waals surface area (Å²) in [4.78, 5) is 12.0. The monoisotopic (exact) mass is 346 g/mol. The number of hydrogen-bond donors (Lipinski definition) is 1. The zero-order valence-corrected chi connectivity index (χ0v) is 15.0. The lowest BCUT2D eigenvalue weighted by Gasteiger charge is -2.18. The van der Waals surface area contributed by atoms with Crippen molar-refractivity contribution in [2.75, 3.05) is 24.2 Å². The van der Waals surface area contributed by atoms with Crippen LogP contribution in [0.25, 0.3) is 11.1 Å². The van der Waals surface area contributed by atoms with E-state index in [4.69, 9.17) is 9.47 Å². The minimum Gasteiger partial charge on any atom is -0.487 e. The second-order valence-electron chi connectivity index (χ2n) is 5.95. The van der Waals surface area contributed by atoms with Crippen molar-refractivity contribution >= 4 is 17.6 Å². The molecule has 0 spiro atoms. The molecule has 1 aromatic carbocycles. The van der Waals surface area contributed by atoms with Gasteiger partial charge in [0.25, 0.3) is 5.56 Å². The van der Waals surface area contributed by atoms with Crippen molar-refractivity contribution < 1.29 is 9.47 Å². The van der Waals surface area contributed by atoms with E-state index >= 15 is 0 Å². The van der Waals surface area contributed by atoms with Gasteiger partial charge in [-0.25, -0.2) is 0 Å². The molecule has 24 heavy (non-hydrogen) atoms. The number of nitrogens with one attached hydrogen (secondary N) is 1. The Morgan fingerprint density at radius 1 is 1.38 bits per heavy atom. The lowest BCUT2D eigenvalue weighted by molar-refractivity contribution is 0.142. The molecule has 1 fully saturated rings. The Bertz CT molecular complexity index is 756. The van der Waals surface area contributed by atoms with Gasteiger partial charge in [-0.2, -0.15) is 0 Å². The Morgan fingerprint density at radius 2 is 2.21 bits per heavy atom. The van der Waals surface area contributed by atoms with Crippen LogP contribution in [0.2, 0.25) is 0 Å². The van der Waals surface area contributed by atoms with Crippen LogP contribution in [0.5, 0.6) is 5.75 Å². The molecule has 1 aliphatic heterocycles. The summed E-state index contributed by atoms with van der Waals surface area (Å²) < 4.78 is 16.4. The molecule has 0 aliphatic carbocycles. The first-order valence-corrected chi connectivity index (χ1v) is 9.16. The van der Waals surface area contributed by atoms with Gasteiger partial charge in [-0.05, 0) is 31.2 Å². The van der Waals surface area contributed by atoms with Crippen LogP contribution in [0.15, 0.2) is 35.3 Å². The van der Waals surface area contributed by atoms with Gasteiger partial charge in [0.2, 0.25) is 0 Å². The van der Waals surface area contributed by atoms with Gasteiger partial charge in [-0.15, -0.1) is 0 Å². The van der Waals surface area contributed by atoms with Crippen molar-refractivity contribution in [2.45, 2.75) is 19.4 Å². The van der Waals surface area contributed by atoms with Crippen molar-refractivity contribution in [3.63, 3.8) is 0 Å². The number of aryl methyl sites for hydroxylation is 2. The molecule has 0 saturated carbocycles. The first-order valence-electron chi connectivity index (χ1n) is 7.93. The molecule has 1 saturated heterocycles. The Balaban J connectivity index is 2.04. The molecule has 0 amide bonds. The maximum absolute atomic E-state index is 12.0. The van der Waals surface area contributed by atoms with Crippen LogP contribution in [-0.2, 0) is 11.8 Å². The summed E-state index contributed by atoms with van der Waals surface area (Å²) in [6.45, 7) is 3.20. The van der Waals surface area contributed by atoms with Crippen LogP contribution < -0.4 is 15.0 Å². The summed E-state index contributed by atoms with van der Waals surface area (Å²) in [6.07, 6.45) is 4.81. The van der Waals surface area contributed by atoms with E-state index in [0.717, 1.165) is 35.6 Å². The molecule has 1 aromatic heterocycles. The topological polar surface area (TPSA) is 52.5 Å². The lowest BCUT2D eigenvalue weighted by atomic mass is 10.0. The molecule has 1 atom stereocenters.